The number of aliphatic hydroxyl groups excluding tert-OH is 1. The van der Waals surface area contributed by atoms with Crippen LogP contribution in [0.4, 0.5) is 0 Å². The zero-order valence-corrected chi connectivity index (χ0v) is 18.6. The molecule has 0 aliphatic rings. The molecule has 4 nitrogen and oxygen atoms in total. The summed E-state index contributed by atoms with van der Waals surface area (Å²) in [6.45, 7) is 12.3. The van der Waals surface area contributed by atoms with E-state index in [2.05, 4.69) is 27.7 Å². The van der Waals surface area contributed by atoms with Crippen molar-refractivity contribution in [3.05, 3.63) is 0 Å². The van der Waals surface area contributed by atoms with E-state index in [9.17, 15) is 4.79 Å². The van der Waals surface area contributed by atoms with Gasteiger partial charge < -0.3 is 19.9 Å². The summed E-state index contributed by atoms with van der Waals surface area (Å²) >= 11 is 0. The van der Waals surface area contributed by atoms with Crippen LogP contribution in [0.1, 0.15) is 125 Å². The number of Topliss-reactive ketones (excluding diaryl/α,β-unsaturated/α-hetero) is 1. The molecule has 0 aromatic heterocycles. The molecule has 159 valence electrons. The maximum absolute atomic E-state index is 10.3. The Bertz CT molecular complexity index is 220. The lowest BCUT2D eigenvalue weighted by Gasteiger charge is -2.00. The predicted octanol–water partition coefficient (Wildman–Crippen LogP) is 5.59. The highest BCUT2D eigenvalue weighted by Crippen LogP contribution is 2.01. The Morgan fingerprint density at radius 2 is 1.12 bits per heavy atom. The second kappa shape index (κ2) is 35.7. The first kappa shape index (κ1) is 33.2. The third-order valence-corrected chi connectivity index (χ3v) is 3.56. The Hall–Kier alpha value is -0.385. The number of carbonyl (C=O) groups excluding carboxylic acids is 1. The van der Waals surface area contributed by atoms with Crippen molar-refractivity contribution in [2.75, 3.05) is 0 Å². The molecule has 0 saturated carbocycles. The van der Waals surface area contributed by atoms with Gasteiger partial charge in [-0.3, -0.25) is 0 Å². The fourth-order valence-corrected chi connectivity index (χ4v) is 1.99. The minimum absolute atomic E-state index is 0. The largest absolute Gasteiger partial charge is 0.482 e. The molecular weight excluding hydrogens is 327 g/mol. The van der Waals surface area contributed by atoms with Gasteiger partial charge in [-0.05, 0) is 26.7 Å². The average Bonchev–Trinajstić information content (AvgIpc) is 2.57. The number of hydrogen-bond donors (Lipinski definition) is 3. The van der Waals surface area contributed by atoms with E-state index in [1.165, 1.54) is 64.2 Å². The fourth-order valence-electron chi connectivity index (χ4n) is 1.99. The van der Waals surface area contributed by atoms with Gasteiger partial charge >= 0.3 is 7.69 Å². The third-order valence-electron chi connectivity index (χ3n) is 3.56. The van der Waals surface area contributed by atoms with E-state index >= 15 is 0 Å². The van der Waals surface area contributed by atoms with Crippen LogP contribution in [0, 0.1) is 0 Å². The Morgan fingerprint density at radius 1 is 0.769 bits per heavy atom. The molecule has 0 bridgehead atoms. The molecule has 26 heavy (non-hydrogen) atoms. The van der Waals surface area contributed by atoms with Crippen LogP contribution >= 0.6 is 0 Å². The van der Waals surface area contributed by atoms with E-state index in [4.69, 9.17) is 15.2 Å². The molecule has 0 aromatic carbocycles. The average molecular weight is 375 g/mol. The lowest BCUT2D eigenvalue weighted by molar-refractivity contribution is -0.117. The van der Waals surface area contributed by atoms with E-state index in [0.29, 0.717) is 5.78 Å². The minimum atomic E-state index is -0.0958. The third kappa shape index (κ3) is 65.2. The summed E-state index contributed by atoms with van der Waals surface area (Å²) in [6.07, 6.45) is 15.8. The van der Waals surface area contributed by atoms with Crippen molar-refractivity contribution in [2.24, 2.45) is 0 Å². The van der Waals surface area contributed by atoms with E-state index < -0.39 is 0 Å². The zero-order chi connectivity index (χ0) is 21.1. The molecule has 0 amide bonds. The Labute approximate surface area is 165 Å². The number of unbranched alkanes of at least 4 members (excludes halogenated alkanes) is 8. The van der Waals surface area contributed by atoms with Crippen molar-refractivity contribution in [3.8, 4) is 0 Å². The molecule has 0 heterocycles. The summed E-state index contributed by atoms with van der Waals surface area (Å²) in [6, 6.07) is 0. The van der Waals surface area contributed by atoms with Crippen LogP contribution in [-0.2, 0) is 4.79 Å². The Morgan fingerprint density at radius 3 is 1.42 bits per heavy atom. The molecule has 5 heteroatoms. The van der Waals surface area contributed by atoms with Gasteiger partial charge in [0.15, 0.2) is 0 Å². The van der Waals surface area contributed by atoms with Gasteiger partial charge in [0, 0.05) is 6.42 Å². The molecule has 3 N–H and O–H groups in total. The van der Waals surface area contributed by atoms with Gasteiger partial charge in [0.1, 0.15) is 5.78 Å². The van der Waals surface area contributed by atoms with Gasteiger partial charge in [-0.1, -0.05) is 91.9 Å². The van der Waals surface area contributed by atoms with E-state index in [1.54, 1.807) is 6.92 Å². The molecule has 1 radical (unpaired) electrons. The Balaban J connectivity index is -0.000000130. The van der Waals surface area contributed by atoms with Gasteiger partial charge in [-0.25, -0.2) is 0 Å². The number of hydrogen-bond acceptors (Lipinski definition) is 4. The molecule has 0 aliphatic heterocycles. The predicted molar refractivity (Wildman–Crippen MR) is 115 cm³/mol. The first-order valence-electron chi connectivity index (χ1n) is 10.6. The molecule has 0 spiro atoms. The normalized spacial score (nSPS) is 10.2. The van der Waals surface area contributed by atoms with Crippen molar-refractivity contribution < 1.29 is 19.9 Å². The summed E-state index contributed by atoms with van der Waals surface area (Å²) in [5.74, 6) is 0.318. The topological polar surface area (TPSA) is 77.8 Å². The number of ketones is 1. The van der Waals surface area contributed by atoms with Gasteiger partial charge in [-0.15, -0.1) is 0 Å². The van der Waals surface area contributed by atoms with Gasteiger partial charge in [0.05, 0.1) is 6.10 Å². The van der Waals surface area contributed by atoms with E-state index in [0.717, 1.165) is 19.3 Å². The van der Waals surface area contributed by atoms with Crippen molar-refractivity contribution in [2.45, 2.75) is 131 Å². The molecule has 1 atom stereocenters. The van der Waals surface area contributed by atoms with Crippen LogP contribution < -0.4 is 0 Å². The monoisotopic (exact) mass is 375 g/mol. The molecule has 0 rings (SSSR count). The van der Waals surface area contributed by atoms with Gasteiger partial charge in [-0.2, -0.15) is 0 Å². The number of rotatable bonds is 12. The summed E-state index contributed by atoms with van der Waals surface area (Å²) in [7, 11) is 0. The maximum Gasteiger partial charge on any atom is 0.482 e. The maximum atomic E-state index is 10.3. The quantitative estimate of drug-likeness (QED) is 0.307. The van der Waals surface area contributed by atoms with Crippen molar-refractivity contribution in [1.29, 1.82) is 0 Å². The minimum Gasteiger partial charge on any atom is -0.429 e. The summed E-state index contributed by atoms with van der Waals surface area (Å²) in [4.78, 5) is 10.3. The highest BCUT2D eigenvalue weighted by molar-refractivity contribution is 6.13. The van der Waals surface area contributed by atoms with Crippen LogP contribution in [0.25, 0.3) is 0 Å². The van der Waals surface area contributed by atoms with Crippen LogP contribution in [0.5, 0.6) is 0 Å². The van der Waals surface area contributed by atoms with Crippen LogP contribution in [-0.4, -0.2) is 34.7 Å². The van der Waals surface area contributed by atoms with Crippen LogP contribution in [0.3, 0.4) is 0 Å². The van der Waals surface area contributed by atoms with Crippen LogP contribution in [0.2, 0.25) is 0 Å². The number of aliphatic hydroxyl groups is 1. The highest BCUT2D eigenvalue weighted by Gasteiger charge is 1.92. The van der Waals surface area contributed by atoms with Gasteiger partial charge in [0.2, 0.25) is 0 Å². The molecule has 0 fully saturated rings. The lowest BCUT2D eigenvalue weighted by atomic mass is 10.1. The highest BCUT2D eigenvalue weighted by atomic mass is 16.4. The number of carbonyl (C=O) groups is 1. The Kier molecular flexibility index (Phi) is 45.6. The first-order chi connectivity index (χ1) is 12.4. The summed E-state index contributed by atoms with van der Waals surface area (Å²) in [5, 5.41) is 22.8. The fraction of sp³-hybridized carbons (Fsp3) is 0.952. The molecule has 1 unspecified atom stereocenters. The SMILES string of the molecule is CCCCCC(C)=O.CCCCCC(C)O.CCCCCCC.O[B]O. The second-order valence-corrected chi connectivity index (χ2v) is 6.68. The van der Waals surface area contributed by atoms with Crippen molar-refractivity contribution in [3.63, 3.8) is 0 Å². The molecule has 0 saturated heterocycles. The zero-order valence-electron chi connectivity index (χ0n) is 18.6. The van der Waals surface area contributed by atoms with Gasteiger partial charge in [0.25, 0.3) is 0 Å². The summed E-state index contributed by atoms with van der Waals surface area (Å²) < 4.78 is 0. The summed E-state index contributed by atoms with van der Waals surface area (Å²) in [5.41, 5.74) is 0. The lowest BCUT2D eigenvalue weighted by Crippen LogP contribution is -1.97. The standard InChI is InChI=1S/C7H16O.C7H14O.C7H16.BH2O2/c2*1-3-4-5-6-7(2)8;1-3-5-7-6-4-2;2-1-3/h7-8H,3-6H2,1-2H3;3-6H2,1-2H3;3-7H2,1-2H3;2-3H. The van der Waals surface area contributed by atoms with Crippen molar-refractivity contribution in [1.82, 2.24) is 0 Å². The molecular formula is C21H48BO4. The van der Waals surface area contributed by atoms with E-state index in [-0.39, 0.29) is 13.8 Å². The molecule has 0 aromatic rings. The van der Waals surface area contributed by atoms with E-state index in [1.807, 2.05) is 6.92 Å². The van der Waals surface area contributed by atoms with Crippen molar-refractivity contribution >= 4 is 13.5 Å². The second-order valence-electron chi connectivity index (χ2n) is 6.68. The molecule has 0 aliphatic carbocycles. The van der Waals surface area contributed by atoms with Crippen LogP contribution in [0.15, 0.2) is 0 Å². The smallest absolute Gasteiger partial charge is 0.429 e. The first-order valence-corrected chi connectivity index (χ1v) is 10.6.